The molecule has 0 spiro atoms. The van der Waals surface area contributed by atoms with Crippen molar-refractivity contribution in [3.8, 4) is 0 Å². The van der Waals surface area contributed by atoms with E-state index in [1.807, 2.05) is 6.92 Å². The van der Waals surface area contributed by atoms with Crippen LogP contribution in [0.1, 0.15) is 33.6 Å². The molecule has 0 atom stereocenters. The summed E-state index contributed by atoms with van der Waals surface area (Å²) >= 11 is 0. The highest BCUT2D eigenvalue weighted by atomic mass is 32.2. The largest absolute Gasteiger partial charge is 0.358 e. The third kappa shape index (κ3) is 9.35. The second kappa shape index (κ2) is 10.1. The highest BCUT2D eigenvalue weighted by molar-refractivity contribution is 7.88. The van der Waals surface area contributed by atoms with Crippen LogP contribution in [0.15, 0.2) is 4.99 Å². The van der Waals surface area contributed by atoms with E-state index in [2.05, 4.69) is 30.6 Å². The first-order valence-electron chi connectivity index (χ1n) is 9.01. The SMILES string of the molecule is CCNC(=NCC(C)(C)NS(C)(=O)=O)NC1CCN(CC(=O)NC)CC1. The molecule has 1 saturated heterocycles. The number of sulfonamides is 1. The van der Waals surface area contributed by atoms with Crippen molar-refractivity contribution >= 4 is 21.9 Å². The number of likely N-dealkylation sites (N-methyl/N-ethyl adjacent to an activating group) is 1. The molecule has 9 nitrogen and oxygen atoms in total. The molecule has 26 heavy (non-hydrogen) atoms. The van der Waals surface area contributed by atoms with Gasteiger partial charge in [-0.25, -0.2) is 13.1 Å². The van der Waals surface area contributed by atoms with Gasteiger partial charge in [-0.3, -0.25) is 14.7 Å². The highest BCUT2D eigenvalue weighted by Gasteiger charge is 2.23. The van der Waals surface area contributed by atoms with Gasteiger partial charge < -0.3 is 16.0 Å². The predicted molar refractivity (Wildman–Crippen MR) is 105 cm³/mol. The van der Waals surface area contributed by atoms with Gasteiger partial charge in [-0.15, -0.1) is 0 Å². The van der Waals surface area contributed by atoms with Gasteiger partial charge >= 0.3 is 0 Å². The zero-order valence-electron chi connectivity index (χ0n) is 16.6. The molecule has 4 N–H and O–H groups in total. The summed E-state index contributed by atoms with van der Waals surface area (Å²) in [5, 5.41) is 9.26. The van der Waals surface area contributed by atoms with E-state index in [-0.39, 0.29) is 11.9 Å². The number of guanidine groups is 1. The van der Waals surface area contributed by atoms with E-state index in [4.69, 9.17) is 0 Å². The highest BCUT2D eigenvalue weighted by Crippen LogP contribution is 2.10. The summed E-state index contributed by atoms with van der Waals surface area (Å²) < 4.78 is 25.5. The van der Waals surface area contributed by atoms with E-state index in [9.17, 15) is 13.2 Å². The maximum absolute atomic E-state index is 11.5. The molecule has 10 heteroatoms. The van der Waals surface area contributed by atoms with Crippen molar-refractivity contribution in [3.63, 3.8) is 0 Å². The number of nitrogens with one attached hydrogen (secondary N) is 4. The first kappa shape index (κ1) is 22.7. The van der Waals surface area contributed by atoms with Gasteiger partial charge in [-0.05, 0) is 33.6 Å². The van der Waals surface area contributed by atoms with Gasteiger partial charge in [0.15, 0.2) is 5.96 Å². The number of nitrogens with zero attached hydrogens (tertiary/aromatic N) is 2. The molecule has 0 bridgehead atoms. The summed E-state index contributed by atoms with van der Waals surface area (Å²) in [7, 11) is -1.64. The van der Waals surface area contributed by atoms with Gasteiger partial charge in [-0.1, -0.05) is 0 Å². The van der Waals surface area contributed by atoms with Crippen LogP contribution in [0.5, 0.6) is 0 Å². The van der Waals surface area contributed by atoms with Crippen LogP contribution in [0.3, 0.4) is 0 Å². The Labute approximate surface area is 157 Å². The number of piperidine rings is 1. The molecule has 152 valence electrons. The van der Waals surface area contributed by atoms with Crippen molar-refractivity contribution in [2.75, 3.05) is 46.0 Å². The van der Waals surface area contributed by atoms with Crippen LogP contribution in [0.25, 0.3) is 0 Å². The maximum Gasteiger partial charge on any atom is 0.233 e. The second-order valence-electron chi connectivity index (χ2n) is 7.32. The number of rotatable bonds is 8. The molecule has 0 unspecified atom stereocenters. The Morgan fingerprint density at radius 2 is 1.88 bits per heavy atom. The van der Waals surface area contributed by atoms with Crippen molar-refractivity contribution in [2.24, 2.45) is 4.99 Å². The van der Waals surface area contributed by atoms with E-state index in [0.29, 0.717) is 19.0 Å². The molecule has 0 radical (unpaired) electrons. The predicted octanol–water partition coefficient (Wildman–Crippen LogP) is -0.920. The van der Waals surface area contributed by atoms with Crippen LogP contribution in [-0.4, -0.2) is 82.8 Å². The van der Waals surface area contributed by atoms with Crippen LogP contribution in [-0.2, 0) is 14.8 Å². The lowest BCUT2D eigenvalue weighted by Crippen LogP contribution is -2.51. The van der Waals surface area contributed by atoms with Crippen LogP contribution in [0.4, 0.5) is 0 Å². The minimum absolute atomic E-state index is 0.0342. The van der Waals surface area contributed by atoms with Crippen LogP contribution in [0.2, 0.25) is 0 Å². The first-order chi connectivity index (χ1) is 12.0. The van der Waals surface area contributed by atoms with Crippen molar-refractivity contribution in [3.05, 3.63) is 0 Å². The molecule has 1 heterocycles. The Bertz CT molecular complexity index is 583. The number of likely N-dealkylation sites (tertiary alicyclic amines) is 1. The molecule has 1 fully saturated rings. The average Bonchev–Trinajstić information content (AvgIpc) is 2.52. The molecule has 0 aromatic carbocycles. The fourth-order valence-electron chi connectivity index (χ4n) is 2.84. The Morgan fingerprint density at radius 1 is 1.27 bits per heavy atom. The molecule has 1 aliphatic heterocycles. The molecule has 0 aliphatic carbocycles. The number of carbonyl (C=O) groups excluding carboxylic acids is 1. The van der Waals surface area contributed by atoms with Crippen LogP contribution in [0, 0.1) is 0 Å². The fraction of sp³-hybridized carbons (Fsp3) is 0.875. The van der Waals surface area contributed by atoms with Crippen molar-refractivity contribution in [1.82, 2.24) is 25.6 Å². The lowest BCUT2D eigenvalue weighted by atomic mass is 10.1. The van der Waals surface area contributed by atoms with E-state index < -0.39 is 15.6 Å². The lowest BCUT2D eigenvalue weighted by molar-refractivity contribution is -0.122. The van der Waals surface area contributed by atoms with E-state index in [0.717, 1.165) is 38.7 Å². The van der Waals surface area contributed by atoms with Gasteiger partial charge in [-0.2, -0.15) is 0 Å². The zero-order chi connectivity index (χ0) is 19.8. The lowest BCUT2D eigenvalue weighted by Gasteiger charge is -2.32. The third-order valence-electron chi connectivity index (χ3n) is 4.01. The topological polar surface area (TPSA) is 115 Å². The first-order valence-corrected chi connectivity index (χ1v) is 10.9. The standard InChI is InChI=1S/C16H34N6O3S/c1-6-18-15(19-12-16(2,3)21-26(5,24)25)20-13-7-9-22(10-8-13)11-14(23)17-4/h13,21H,6-12H2,1-5H3,(H,17,23)(H2,18,19,20). The number of aliphatic imine (C=N–C) groups is 1. The quantitative estimate of drug-likeness (QED) is 0.315. The molecule has 1 aliphatic rings. The summed E-state index contributed by atoms with van der Waals surface area (Å²) in [5.74, 6) is 0.715. The molecular weight excluding hydrogens is 356 g/mol. The van der Waals surface area contributed by atoms with Gasteiger partial charge in [0, 0.05) is 38.3 Å². The number of carbonyl (C=O) groups is 1. The fourth-order valence-corrected chi connectivity index (χ4v) is 3.91. The minimum atomic E-state index is -3.29. The summed E-state index contributed by atoms with van der Waals surface area (Å²) in [5.41, 5.74) is -0.660. The van der Waals surface area contributed by atoms with Crippen LogP contribution >= 0.6 is 0 Å². The molecule has 0 aromatic rings. The molecule has 0 saturated carbocycles. The molecular formula is C16H34N6O3S. The van der Waals surface area contributed by atoms with Gasteiger partial charge in [0.25, 0.3) is 0 Å². The number of hydrogen-bond donors (Lipinski definition) is 4. The van der Waals surface area contributed by atoms with E-state index in [1.54, 1.807) is 20.9 Å². The Kier molecular flexibility index (Phi) is 8.78. The maximum atomic E-state index is 11.5. The monoisotopic (exact) mass is 390 g/mol. The normalized spacial score (nSPS) is 17.8. The van der Waals surface area contributed by atoms with E-state index >= 15 is 0 Å². The Hall–Kier alpha value is -1.39. The smallest absolute Gasteiger partial charge is 0.233 e. The van der Waals surface area contributed by atoms with Crippen molar-refractivity contribution < 1.29 is 13.2 Å². The summed E-state index contributed by atoms with van der Waals surface area (Å²) in [6, 6.07) is 0.278. The zero-order valence-corrected chi connectivity index (χ0v) is 17.4. The number of hydrogen-bond acceptors (Lipinski definition) is 5. The van der Waals surface area contributed by atoms with Gasteiger partial charge in [0.2, 0.25) is 15.9 Å². The van der Waals surface area contributed by atoms with Gasteiger partial charge in [0.05, 0.1) is 19.3 Å². The average molecular weight is 391 g/mol. The molecule has 1 rings (SSSR count). The third-order valence-corrected chi connectivity index (χ3v) is 4.94. The van der Waals surface area contributed by atoms with E-state index in [1.165, 1.54) is 0 Å². The van der Waals surface area contributed by atoms with Gasteiger partial charge in [0.1, 0.15) is 0 Å². The summed E-state index contributed by atoms with van der Waals surface area (Å²) in [6.45, 7) is 8.78. The van der Waals surface area contributed by atoms with Crippen LogP contribution < -0.4 is 20.7 Å². The molecule has 0 aromatic heterocycles. The summed E-state index contributed by atoms with van der Waals surface area (Å²) in [6.07, 6.45) is 2.99. The van der Waals surface area contributed by atoms with Crippen molar-refractivity contribution in [1.29, 1.82) is 0 Å². The Morgan fingerprint density at radius 3 is 2.38 bits per heavy atom. The minimum Gasteiger partial charge on any atom is -0.358 e. The van der Waals surface area contributed by atoms with Crippen molar-refractivity contribution in [2.45, 2.75) is 45.2 Å². The second-order valence-corrected chi connectivity index (χ2v) is 9.07. The molecule has 1 amide bonds. The summed E-state index contributed by atoms with van der Waals surface area (Å²) in [4.78, 5) is 18.1. The number of amides is 1. The Balaban J connectivity index is 2.56.